The average Bonchev–Trinajstić information content (AvgIpc) is 2.38. The van der Waals surface area contributed by atoms with Gasteiger partial charge in [0, 0.05) is 25.0 Å². The van der Waals surface area contributed by atoms with E-state index >= 15 is 0 Å². The summed E-state index contributed by atoms with van der Waals surface area (Å²) >= 11 is 5.79. The van der Waals surface area contributed by atoms with Crippen LogP contribution >= 0.6 is 11.6 Å². The maximum atomic E-state index is 13.5. The van der Waals surface area contributed by atoms with Crippen LogP contribution in [0, 0.1) is 17.6 Å². The first-order chi connectivity index (χ1) is 8.61. The molecule has 2 rings (SSSR count). The normalized spacial score (nSPS) is 19.9. The van der Waals surface area contributed by atoms with E-state index in [1.165, 1.54) is 6.07 Å². The van der Waals surface area contributed by atoms with Crippen molar-refractivity contribution in [1.82, 2.24) is 4.90 Å². The van der Waals surface area contributed by atoms with Gasteiger partial charge in [0.1, 0.15) is 11.6 Å². The van der Waals surface area contributed by atoms with E-state index in [9.17, 15) is 13.6 Å². The van der Waals surface area contributed by atoms with Crippen molar-refractivity contribution in [3.63, 3.8) is 0 Å². The molecule has 1 unspecified atom stereocenters. The molecule has 0 saturated carbocycles. The average molecular weight is 274 g/mol. The Morgan fingerprint density at radius 3 is 2.89 bits per heavy atom. The summed E-state index contributed by atoms with van der Waals surface area (Å²) < 4.78 is 26.3. The van der Waals surface area contributed by atoms with Gasteiger partial charge < -0.3 is 4.90 Å². The van der Waals surface area contributed by atoms with Crippen LogP contribution in [0.25, 0.3) is 0 Å². The fourth-order valence-electron chi connectivity index (χ4n) is 2.21. The van der Waals surface area contributed by atoms with E-state index in [0.717, 1.165) is 25.0 Å². The van der Waals surface area contributed by atoms with Crippen molar-refractivity contribution in [1.29, 1.82) is 0 Å². The number of hydrogen-bond donors (Lipinski definition) is 0. The third kappa shape index (κ3) is 2.80. The molecule has 1 heterocycles. The summed E-state index contributed by atoms with van der Waals surface area (Å²) in [5, 5.41) is 0. The summed E-state index contributed by atoms with van der Waals surface area (Å²) in [4.78, 5) is 13.7. The maximum absolute atomic E-state index is 13.5. The second kappa shape index (κ2) is 5.65. The highest BCUT2D eigenvalue weighted by molar-refractivity contribution is 6.18. The molecule has 0 spiro atoms. The van der Waals surface area contributed by atoms with E-state index < -0.39 is 11.6 Å². The van der Waals surface area contributed by atoms with Gasteiger partial charge in [-0.1, -0.05) is 0 Å². The first kappa shape index (κ1) is 13.3. The van der Waals surface area contributed by atoms with E-state index in [2.05, 4.69) is 0 Å². The van der Waals surface area contributed by atoms with E-state index in [1.54, 1.807) is 4.90 Å². The number of benzene rings is 1. The number of likely N-dealkylation sites (tertiary alicyclic amines) is 1. The molecule has 0 aliphatic carbocycles. The lowest BCUT2D eigenvalue weighted by molar-refractivity contribution is 0.0680. The van der Waals surface area contributed by atoms with Gasteiger partial charge in [-0.3, -0.25) is 4.79 Å². The number of piperidine rings is 1. The number of carbonyl (C=O) groups excluding carboxylic acids is 1. The van der Waals surface area contributed by atoms with Crippen LogP contribution in [0.1, 0.15) is 23.2 Å². The molecule has 1 fully saturated rings. The second-order valence-electron chi connectivity index (χ2n) is 4.54. The molecule has 1 saturated heterocycles. The molecule has 98 valence electrons. The zero-order valence-corrected chi connectivity index (χ0v) is 10.6. The Morgan fingerprint density at radius 1 is 1.44 bits per heavy atom. The van der Waals surface area contributed by atoms with Crippen LogP contribution in [0.15, 0.2) is 18.2 Å². The maximum Gasteiger partial charge on any atom is 0.256 e. The highest BCUT2D eigenvalue weighted by Crippen LogP contribution is 2.20. The Hall–Kier alpha value is -1.16. The van der Waals surface area contributed by atoms with Crippen LogP contribution in [0.3, 0.4) is 0 Å². The van der Waals surface area contributed by atoms with Crippen LogP contribution in [-0.2, 0) is 0 Å². The molecular formula is C13H14ClF2NO. The number of hydrogen-bond acceptors (Lipinski definition) is 1. The Balaban J connectivity index is 2.15. The molecule has 5 heteroatoms. The predicted molar refractivity (Wildman–Crippen MR) is 65.7 cm³/mol. The van der Waals surface area contributed by atoms with Gasteiger partial charge >= 0.3 is 0 Å². The van der Waals surface area contributed by atoms with Crippen LogP contribution in [0.5, 0.6) is 0 Å². The van der Waals surface area contributed by atoms with Gasteiger partial charge in [0.2, 0.25) is 0 Å². The van der Waals surface area contributed by atoms with E-state index in [1.807, 2.05) is 0 Å². The molecule has 1 aliphatic heterocycles. The first-order valence-corrected chi connectivity index (χ1v) is 6.45. The first-order valence-electron chi connectivity index (χ1n) is 5.92. The SMILES string of the molecule is O=C(c1ccc(F)cc1F)N1CCCC(CCl)C1. The number of rotatable bonds is 2. The molecule has 18 heavy (non-hydrogen) atoms. The van der Waals surface area contributed by atoms with E-state index in [-0.39, 0.29) is 17.4 Å². The molecule has 1 aromatic rings. The lowest BCUT2D eigenvalue weighted by Gasteiger charge is -2.31. The summed E-state index contributed by atoms with van der Waals surface area (Å²) in [5.74, 6) is -1.13. The van der Waals surface area contributed by atoms with Crippen molar-refractivity contribution in [2.45, 2.75) is 12.8 Å². The third-order valence-electron chi connectivity index (χ3n) is 3.19. The molecule has 0 radical (unpaired) electrons. The van der Waals surface area contributed by atoms with Crippen molar-refractivity contribution >= 4 is 17.5 Å². The summed E-state index contributed by atoms with van der Waals surface area (Å²) in [6.07, 6.45) is 1.85. The zero-order valence-electron chi connectivity index (χ0n) is 9.83. The largest absolute Gasteiger partial charge is 0.338 e. The zero-order chi connectivity index (χ0) is 13.1. The second-order valence-corrected chi connectivity index (χ2v) is 4.85. The molecule has 2 nitrogen and oxygen atoms in total. The van der Waals surface area contributed by atoms with Crippen LogP contribution in [0.4, 0.5) is 8.78 Å². The Morgan fingerprint density at radius 2 is 2.22 bits per heavy atom. The third-order valence-corrected chi connectivity index (χ3v) is 3.62. The van der Waals surface area contributed by atoms with Crippen LogP contribution in [0.2, 0.25) is 0 Å². The van der Waals surface area contributed by atoms with Crippen molar-refractivity contribution < 1.29 is 13.6 Å². The molecule has 1 atom stereocenters. The van der Waals surface area contributed by atoms with Crippen LogP contribution in [-0.4, -0.2) is 29.8 Å². The number of amides is 1. The smallest absolute Gasteiger partial charge is 0.256 e. The summed E-state index contributed by atoms with van der Waals surface area (Å²) in [5.41, 5.74) is -0.0772. The summed E-state index contributed by atoms with van der Waals surface area (Å²) in [6.45, 7) is 1.14. The summed E-state index contributed by atoms with van der Waals surface area (Å²) in [6, 6.07) is 3.02. The Kier molecular flexibility index (Phi) is 4.17. The standard InChI is InChI=1S/C13H14ClF2NO/c14-7-9-2-1-5-17(8-9)13(18)11-4-3-10(15)6-12(11)16/h3-4,6,9H,1-2,5,7-8H2. The van der Waals surface area contributed by atoms with Gasteiger partial charge in [-0.15, -0.1) is 11.6 Å². The molecule has 1 aromatic carbocycles. The Labute approximate surface area is 110 Å². The van der Waals surface area contributed by atoms with E-state index in [0.29, 0.717) is 19.0 Å². The molecule has 1 amide bonds. The molecule has 0 N–H and O–H groups in total. The number of nitrogens with zero attached hydrogens (tertiary/aromatic N) is 1. The fourth-order valence-corrected chi connectivity index (χ4v) is 2.46. The highest BCUT2D eigenvalue weighted by Gasteiger charge is 2.25. The minimum atomic E-state index is -0.812. The lowest BCUT2D eigenvalue weighted by Crippen LogP contribution is -2.40. The highest BCUT2D eigenvalue weighted by atomic mass is 35.5. The number of alkyl halides is 1. The van der Waals surface area contributed by atoms with Crippen molar-refractivity contribution in [3.8, 4) is 0 Å². The van der Waals surface area contributed by atoms with Crippen molar-refractivity contribution in [2.24, 2.45) is 5.92 Å². The molecule has 0 aromatic heterocycles. The van der Waals surface area contributed by atoms with Crippen molar-refractivity contribution in [3.05, 3.63) is 35.4 Å². The Bertz CT molecular complexity index is 453. The minimum absolute atomic E-state index is 0.0772. The topological polar surface area (TPSA) is 20.3 Å². The molecule has 0 bridgehead atoms. The monoisotopic (exact) mass is 273 g/mol. The quantitative estimate of drug-likeness (QED) is 0.759. The van der Waals surface area contributed by atoms with Gasteiger partial charge in [0.05, 0.1) is 5.56 Å². The number of carbonyl (C=O) groups is 1. The lowest BCUT2D eigenvalue weighted by atomic mass is 9.99. The fraction of sp³-hybridized carbons (Fsp3) is 0.462. The van der Waals surface area contributed by atoms with Gasteiger partial charge in [0.25, 0.3) is 5.91 Å². The molecular weight excluding hydrogens is 260 g/mol. The van der Waals surface area contributed by atoms with Gasteiger partial charge in [0.15, 0.2) is 0 Å². The minimum Gasteiger partial charge on any atom is -0.338 e. The van der Waals surface area contributed by atoms with Gasteiger partial charge in [-0.25, -0.2) is 8.78 Å². The predicted octanol–water partition coefficient (Wildman–Crippen LogP) is 3.06. The number of halogens is 3. The summed E-state index contributed by atoms with van der Waals surface area (Å²) in [7, 11) is 0. The van der Waals surface area contributed by atoms with Crippen molar-refractivity contribution in [2.75, 3.05) is 19.0 Å². The van der Waals surface area contributed by atoms with Crippen LogP contribution < -0.4 is 0 Å². The van der Waals surface area contributed by atoms with E-state index in [4.69, 9.17) is 11.6 Å². The van der Waals surface area contributed by atoms with Gasteiger partial charge in [-0.2, -0.15) is 0 Å². The van der Waals surface area contributed by atoms with Gasteiger partial charge in [-0.05, 0) is 30.9 Å². The molecule has 1 aliphatic rings.